The smallest absolute Gasteiger partial charge is 0.231 e. The van der Waals surface area contributed by atoms with E-state index < -0.39 is 0 Å². The van der Waals surface area contributed by atoms with Crippen LogP contribution in [0.4, 0.5) is 5.69 Å². The van der Waals surface area contributed by atoms with E-state index in [0.717, 1.165) is 38.0 Å². The van der Waals surface area contributed by atoms with E-state index >= 15 is 0 Å². The Morgan fingerprint density at radius 3 is 2.72 bits per heavy atom. The van der Waals surface area contributed by atoms with Crippen molar-refractivity contribution >= 4 is 34.2 Å². The van der Waals surface area contributed by atoms with Crippen LogP contribution in [0.5, 0.6) is 0 Å². The Labute approximate surface area is 122 Å². The largest absolute Gasteiger partial charge is 0.326 e. The fourth-order valence-corrected chi connectivity index (χ4v) is 2.90. The Morgan fingerprint density at radius 1 is 1.44 bits per heavy atom. The number of amides is 1. The van der Waals surface area contributed by atoms with Gasteiger partial charge in [-0.25, -0.2) is 0 Å². The summed E-state index contributed by atoms with van der Waals surface area (Å²) < 4.78 is 1.18. The number of carbonyl (C=O) groups excluding carboxylic acids is 1. The number of carbonyl (C=O) groups is 1. The van der Waals surface area contributed by atoms with Gasteiger partial charge in [0.15, 0.2) is 0 Å². The first-order valence-electron chi connectivity index (χ1n) is 6.44. The van der Waals surface area contributed by atoms with Crippen LogP contribution < -0.4 is 10.6 Å². The van der Waals surface area contributed by atoms with Crippen LogP contribution in [0.2, 0.25) is 0 Å². The predicted octanol–water partition coefficient (Wildman–Crippen LogP) is 3.01. The van der Waals surface area contributed by atoms with E-state index in [9.17, 15) is 4.79 Å². The van der Waals surface area contributed by atoms with Crippen LogP contribution in [0.15, 0.2) is 24.3 Å². The van der Waals surface area contributed by atoms with Crippen LogP contribution in [0.25, 0.3) is 0 Å². The van der Waals surface area contributed by atoms with E-state index in [2.05, 4.69) is 40.1 Å². The van der Waals surface area contributed by atoms with Gasteiger partial charge in [-0.3, -0.25) is 4.79 Å². The molecule has 3 nitrogen and oxygen atoms in total. The molecule has 1 aromatic carbocycles. The third-order valence-corrected chi connectivity index (χ3v) is 4.28. The lowest BCUT2D eigenvalue weighted by Gasteiger charge is -2.26. The highest BCUT2D eigenvalue weighted by molar-refractivity contribution is 14.1. The fraction of sp³-hybridized carbons (Fsp3) is 0.500. The topological polar surface area (TPSA) is 41.1 Å². The maximum Gasteiger partial charge on any atom is 0.231 e. The molecule has 0 aromatic heterocycles. The minimum absolute atomic E-state index is 0.163. The molecule has 1 aliphatic rings. The lowest BCUT2D eigenvalue weighted by atomic mass is 9.81. The monoisotopic (exact) mass is 358 g/mol. The van der Waals surface area contributed by atoms with E-state index in [1.807, 2.05) is 24.3 Å². The zero-order chi connectivity index (χ0) is 13.0. The molecule has 1 atom stereocenters. The van der Waals surface area contributed by atoms with Gasteiger partial charge >= 0.3 is 0 Å². The van der Waals surface area contributed by atoms with Crippen molar-refractivity contribution < 1.29 is 4.79 Å². The molecular weight excluding hydrogens is 339 g/mol. The van der Waals surface area contributed by atoms with Gasteiger partial charge in [-0.15, -0.1) is 0 Å². The van der Waals surface area contributed by atoms with Crippen molar-refractivity contribution in [3.63, 3.8) is 0 Å². The van der Waals surface area contributed by atoms with Crippen LogP contribution in [-0.4, -0.2) is 19.0 Å². The Morgan fingerprint density at radius 2 is 2.17 bits per heavy atom. The Bertz CT molecular complexity index is 410. The Kier molecular flexibility index (Phi) is 4.61. The van der Waals surface area contributed by atoms with Crippen molar-refractivity contribution in [2.45, 2.75) is 26.2 Å². The van der Waals surface area contributed by atoms with E-state index in [1.165, 1.54) is 3.57 Å². The van der Waals surface area contributed by atoms with Crippen molar-refractivity contribution in [2.75, 3.05) is 18.4 Å². The second-order valence-electron chi connectivity index (χ2n) is 4.92. The SMILES string of the molecule is CCCC1(C(=O)Nc2ccc(I)cc2)CCNC1. The molecule has 1 unspecified atom stereocenters. The first-order chi connectivity index (χ1) is 8.66. The summed E-state index contributed by atoms with van der Waals surface area (Å²) in [6, 6.07) is 7.94. The van der Waals surface area contributed by atoms with Gasteiger partial charge in [0, 0.05) is 15.8 Å². The van der Waals surface area contributed by atoms with Crippen molar-refractivity contribution in [3.05, 3.63) is 27.8 Å². The lowest BCUT2D eigenvalue weighted by Crippen LogP contribution is -2.38. The molecule has 98 valence electrons. The predicted molar refractivity (Wildman–Crippen MR) is 82.6 cm³/mol. The molecule has 2 rings (SSSR count). The van der Waals surface area contributed by atoms with Gasteiger partial charge in [-0.1, -0.05) is 13.3 Å². The molecule has 18 heavy (non-hydrogen) atoms. The molecule has 1 heterocycles. The summed E-state index contributed by atoms with van der Waals surface area (Å²) in [5.41, 5.74) is 0.681. The number of nitrogens with one attached hydrogen (secondary N) is 2. The van der Waals surface area contributed by atoms with Gasteiger partial charge in [0.2, 0.25) is 5.91 Å². The molecule has 1 amide bonds. The van der Waals surface area contributed by atoms with E-state index in [0.29, 0.717) is 0 Å². The minimum Gasteiger partial charge on any atom is -0.326 e. The van der Waals surface area contributed by atoms with Gasteiger partial charge in [-0.05, 0) is 66.2 Å². The van der Waals surface area contributed by atoms with Gasteiger partial charge in [0.1, 0.15) is 0 Å². The highest BCUT2D eigenvalue weighted by Crippen LogP contribution is 2.32. The van der Waals surface area contributed by atoms with Gasteiger partial charge in [0.05, 0.1) is 5.41 Å². The fourth-order valence-electron chi connectivity index (χ4n) is 2.54. The highest BCUT2D eigenvalue weighted by atomic mass is 127. The quantitative estimate of drug-likeness (QED) is 0.813. The summed E-state index contributed by atoms with van der Waals surface area (Å²) in [4.78, 5) is 12.5. The molecule has 0 saturated carbocycles. The highest BCUT2D eigenvalue weighted by Gasteiger charge is 2.40. The zero-order valence-electron chi connectivity index (χ0n) is 10.6. The second-order valence-corrected chi connectivity index (χ2v) is 6.16. The Balaban J connectivity index is 2.07. The second kappa shape index (κ2) is 6.02. The first kappa shape index (κ1) is 13.8. The molecule has 0 aliphatic carbocycles. The number of rotatable bonds is 4. The van der Waals surface area contributed by atoms with Gasteiger partial charge in [0.25, 0.3) is 0 Å². The average molecular weight is 358 g/mol. The molecule has 4 heteroatoms. The standard InChI is InChI=1S/C14H19IN2O/c1-2-7-14(8-9-16-10-14)13(18)17-12-5-3-11(15)4-6-12/h3-6,16H,2,7-10H2,1H3,(H,17,18). The lowest BCUT2D eigenvalue weighted by molar-refractivity contribution is -0.125. The zero-order valence-corrected chi connectivity index (χ0v) is 12.8. The van der Waals surface area contributed by atoms with E-state index in [-0.39, 0.29) is 11.3 Å². The summed E-state index contributed by atoms with van der Waals surface area (Å²) in [7, 11) is 0. The van der Waals surface area contributed by atoms with Crippen molar-refractivity contribution in [2.24, 2.45) is 5.41 Å². The average Bonchev–Trinajstić information content (AvgIpc) is 2.82. The van der Waals surface area contributed by atoms with Crippen molar-refractivity contribution in [1.82, 2.24) is 5.32 Å². The maximum atomic E-state index is 12.5. The van der Waals surface area contributed by atoms with Crippen molar-refractivity contribution in [3.8, 4) is 0 Å². The summed E-state index contributed by atoms with van der Waals surface area (Å²) in [5.74, 6) is 0.163. The molecule has 1 fully saturated rings. The van der Waals surface area contributed by atoms with Gasteiger partial charge < -0.3 is 10.6 Å². The van der Waals surface area contributed by atoms with Crippen molar-refractivity contribution in [1.29, 1.82) is 0 Å². The summed E-state index contributed by atoms with van der Waals surface area (Å²) >= 11 is 2.26. The molecule has 1 aromatic rings. The number of hydrogen-bond acceptors (Lipinski definition) is 2. The molecule has 1 aliphatic heterocycles. The third-order valence-electron chi connectivity index (χ3n) is 3.56. The molecular formula is C14H19IN2O. The van der Waals surface area contributed by atoms with Crippen LogP contribution >= 0.6 is 22.6 Å². The first-order valence-corrected chi connectivity index (χ1v) is 7.52. The number of halogens is 1. The summed E-state index contributed by atoms with van der Waals surface area (Å²) in [5, 5.41) is 6.37. The van der Waals surface area contributed by atoms with Crippen LogP contribution in [0.3, 0.4) is 0 Å². The Hall–Kier alpha value is -0.620. The third kappa shape index (κ3) is 3.03. The molecule has 2 N–H and O–H groups in total. The minimum atomic E-state index is -0.211. The maximum absolute atomic E-state index is 12.5. The molecule has 0 spiro atoms. The summed E-state index contributed by atoms with van der Waals surface area (Å²) in [6.45, 7) is 3.88. The van der Waals surface area contributed by atoms with Crippen LogP contribution in [0.1, 0.15) is 26.2 Å². The van der Waals surface area contributed by atoms with Crippen LogP contribution in [-0.2, 0) is 4.79 Å². The number of anilines is 1. The van der Waals surface area contributed by atoms with Gasteiger partial charge in [-0.2, -0.15) is 0 Å². The number of hydrogen-bond donors (Lipinski definition) is 2. The van der Waals surface area contributed by atoms with E-state index in [1.54, 1.807) is 0 Å². The van der Waals surface area contributed by atoms with Crippen LogP contribution in [0, 0.1) is 8.99 Å². The normalized spacial score (nSPS) is 23.0. The number of benzene rings is 1. The molecule has 0 radical (unpaired) electrons. The van der Waals surface area contributed by atoms with E-state index in [4.69, 9.17) is 0 Å². The summed E-state index contributed by atoms with van der Waals surface area (Å²) in [6.07, 6.45) is 2.94. The molecule has 0 bridgehead atoms. The molecule has 1 saturated heterocycles.